The normalized spacial score (nSPS) is 23.8. The maximum atomic E-state index is 13.1. The molecular formula is C23H34N2O3. The van der Waals surface area contributed by atoms with E-state index in [-0.39, 0.29) is 17.7 Å². The van der Waals surface area contributed by atoms with Crippen LogP contribution in [0.5, 0.6) is 5.75 Å². The van der Waals surface area contributed by atoms with Gasteiger partial charge in [0.15, 0.2) is 0 Å². The van der Waals surface area contributed by atoms with Gasteiger partial charge in [0.25, 0.3) is 0 Å². The Labute approximate surface area is 169 Å². The second-order valence-corrected chi connectivity index (χ2v) is 8.37. The van der Waals surface area contributed by atoms with Crippen molar-refractivity contribution in [2.75, 3.05) is 39.8 Å². The fourth-order valence-electron chi connectivity index (χ4n) is 4.70. The van der Waals surface area contributed by atoms with Crippen molar-refractivity contribution in [2.24, 2.45) is 11.8 Å². The van der Waals surface area contributed by atoms with E-state index in [0.29, 0.717) is 6.61 Å². The Bertz CT molecular complexity index is 738. The van der Waals surface area contributed by atoms with E-state index in [0.717, 1.165) is 61.5 Å². The zero-order chi connectivity index (χ0) is 20.4. The fraction of sp³-hybridized carbons (Fsp3) is 0.609. The highest BCUT2D eigenvalue weighted by Crippen LogP contribution is 2.44. The molecule has 0 aromatic heterocycles. The number of aliphatic hydroxyl groups excluding tert-OH is 1. The summed E-state index contributed by atoms with van der Waals surface area (Å²) in [5.41, 5.74) is 4.31. The lowest BCUT2D eigenvalue weighted by molar-refractivity contribution is -0.140. The van der Waals surface area contributed by atoms with Crippen LogP contribution in [0.15, 0.2) is 18.7 Å². The van der Waals surface area contributed by atoms with E-state index in [9.17, 15) is 9.90 Å². The van der Waals surface area contributed by atoms with Crippen LogP contribution in [0.2, 0.25) is 0 Å². The van der Waals surface area contributed by atoms with Crippen molar-refractivity contribution in [3.63, 3.8) is 0 Å². The summed E-state index contributed by atoms with van der Waals surface area (Å²) in [5, 5.41) is 11.3. The molecule has 1 amide bonds. The number of amides is 1. The number of carbonyl (C=O) groups excluding carboxylic acids is 1. The molecule has 1 N–H and O–H groups in total. The number of piperazine rings is 1. The van der Waals surface area contributed by atoms with Crippen molar-refractivity contribution >= 4 is 5.91 Å². The number of likely N-dealkylation sites (N-methyl/N-ethyl adjacent to an activating group) is 1. The Morgan fingerprint density at radius 1 is 1.36 bits per heavy atom. The number of ether oxygens (including phenoxy) is 1. The van der Waals surface area contributed by atoms with Gasteiger partial charge in [0.2, 0.25) is 5.91 Å². The molecular weight excluding hydrogens is 352 g/mol. The first kappa shape index (κ1) is 20.9. The predicted octanol–water partition coefficient (Wildman–Crippen LogP) is 2.87. The topological polar surface area (TPSA) is 53.0 Å². The van der Waals surface area contributed by atoms with Gasteiger partial charge in [0.1, 0.15) is 12.4 Å². The van der Waals surface area contributed by atoms with Crippen LogP contribution in [0, 0.1) is 25.7 Å². The second kappa shape index (κ2) is 8.66. The predicted molar refractivity (Wildman–Crippen MR) is 112 cm³/mol. The summed E-state index contributed by atoms with van der Waals surface area (Å²) in [5.74, 6) is 0.722. The molecule has 0 spiro atoms. The molecule has 1 fully saturated rings. The van der Waals surface area contributed by atoms with E-state index in [1.165, 1.54) is 5.56 Å². The van der Waals surface area contributed by atoms with Crippen LogP contribution in [-0.2, 0) is 11.2 Å². The van der Waals surface area contributed by atoms with E-state index in [1.807, 2.05) is 18.7 Å². The number of benzene rings is 1. The molecule has 1 aliphatic carbocycles. The summed E-state index contributed by atoms with van der Waals surface area (Å²) in [6, 6.07) is 2.06. The molecule has 1 aromatic rings. The zero-order valence-corrected chi connectivity index (χ0v) is 17.7. The van der Waals surface area contributed by atoms with Crippen molar-refractivity contribution in [3.8, 4) is 5.75 Å². The molecule has 5 heteroatoms. The first-order valence-corrected chi connectivity index (χ1v) is 10.4. The molecule has 5 nitrogen and oxygen atoms in total. The van der Waals surface area contributed by atoms with Crippen LogP contribution in [0.25, 0.3) is 0 Å². The molecule has 1 heterocycles. The summed E-state index contributed by atoms with van der Waals surface area (Å²) in [4.78, 5) is 17.3. The molecule has 0 bridgehead atoms. The number of aryl methyl sites for hydroxylation is 1. The highest BCUT2D eigenvalue weighted by molar-refractivity contribution is 5.79. The van der Waals surface area contributed by atoms with Crippen molar-refractivity contribution in [1.29, 1.82) is 0 Å². The molecule has 0 radical (unpaired) electrons. The molecule has 2 aliphatic rings. The van der Waals surface area contributed by atoms with Gasteiger partial charge in [0.05, 0.1) is 6.10 Å². The summed E-state index contributed by atoms with van der Waals surface area (Å²) < 4.78 is 5.82. The van der Waals surface area contributed by atoms with E-state index in [2.05, 4.69) is 31.5 Å². The fourth-order valence-corrected chi connectivity index (χ4v) is 4.70. The van der Waals surface area contributed by atoms with E-state index >= 15 is 0 Å². The quantitative estimate of drug-likeness (QED) is 0.791. The van der Waals surface area contributed by atoms with E-state index in [1.54, 1.807) is 6.08 Å². The van der Waals surface area contributed by atoms with Gasteiger partial charge in [-0.2, -0.15) is 0 Å². The van der Waals surface area contributed by atoms with Crippen LogP contribution in [-0.4, -0.2) is 60.6 Å². The molecule has 1 aliphatic heterocycles. The highest BCUT2D eigenvalue weighted by Gasteiger charge is 2.38. The smallest absolute Gasteiger partial charge is 0.225 e. The largest absolute Gasteiger partial charge is 0.489 e. The van der Waals surface area contributed by atoms with Gasteiger partial charge in [-0.3, -0.25) is 4.79 Å². The number of hydrogen-bond donors (Lipinski definition) is 1. The lowest BCUT2D eigenvalue weighted by Gasteiger charge is -2.39. The molecule has 1 saturated heterocycles. The van der Waals surface area contributed by atoms with Crippen LogP contribution in [0.3, 0.4) is 0 Å². The third-order valence-corrected chi connectivity index (χ3v) is 6.55. The first-order valence-electron chi connectivity index (χ1n) is 10.4. The van der Waals surface area contributed by atoms with Gasteiger partial charge in [-0.15, -0.1) is 0 Å². The van der Waals surface area contributed by atoms with Crippen LogP contribution in [0.1, 0.15) is 41.7 Å². The minimum absolute atomic E-state index is 0.0626. The number of hydrogen-bond acceptors (Lipinski definition) is 4. The van der Waals surface area contributed by atoms with Crippen molar-refractivity contribution in [3.05, 3.63) is 41.0 Å². The molecule has 0 saturated carbocycles. The average Bonchev–Trinajstić information content (AvgIpc) is 2.69. The number of rotatable bonds is 5. The van der Waals surface area contributed by atoms with Crippen molar-refractivity contribution in [1.82, 2.24) is 9.80 Å². The molecule has 3 rings (SSSR count). The summed E-state index contributed by atoms with van der Waals surface area (Å²) in [7, 11) is 2.09. The third-order valence-electron chi connectivity index (χ3n) is 6.55. The Hall–Kier alpha value is -1.85. The monoisotopic (exact) mass is 386 g/mol. The highest BCUT2D eigenvalue weighted by atomic mass is 16.5. The Morgan fingerprint density at radius 3 is 2.68 bits per heavy atom. The Balaban J connectivity index is 1.83. The summed E-state index contributed by atoms with van der Waals surface area (Å²) in [6.07, 6.45) is 2.82. The SMILES string of the molecule is C=CCOc1cc(C)c2c(c1C)C(O)C(C(C)C(=O)N1CCN(C)CC1)CC2. The zero-order valence-electron chi connectivity index (χ0n) is 17.7. The molecule has 154 valence electrons. The van der Waals surface area contributed by atoms with Gasteiger partial charge >= 0.3 is 0 Å². The standard InChI is InChI=1S/C23H34N2O3/c1-6-13-28-20-14-15(2)18-7-8-19(22(26)21(18)17(20)4)16(3)23(27)25-11-9-24(5)10-12-25/h6,14,16,19,22,26H,1,7-13H2,2-5H3. The minimum Gasteiger partial charge on any atom is -0.489 e. The van der Waals surface area contributed by atoms with E-state index < -0.39 is 6.10 Å². The molecule has 28 heavy (non-hydrogen) atoms. The summed E-state index contributed by atoms with van der Waals surface area (Å²) >= 11 is 0. The van der Waals surface area contributed by atoms with Crippen LogP contribution < -0.4 is 4.74 Å². The Morgan fingerprint density at radius 2 is 2.04 bits per heavy atom. The van der Waals surface area contributed by atoms with Crippen LogP contribution in [0.4, 0.5) is 0 Å². The minimum atomic E-state index is -0.638. The second-order valence-electron chi connectivity index (χ2n) is 8.37. The first-order chi connectivity index (χ1) is 13.3. The lowest BCUT2D eigenvalue weighted by Crippen LogP contribution is -2.50. The van der Waals surface area contributed by atoms with Gasteiger partial charge in [-0.25, -0.2) is 0 Å². The number of aliphatic hydroxyl groups is 1. The molecule has 3 atom stereocenters. The van der Waals surface area contributed by atoms with Gasteiger partial charge in [-0.05, 0) is 62.1 Å². The van der Waals surface area contributed by atoms with E-state index in [4.69, 9.17) is 4.74 Å². The lowest BCUT2D eigenvalue weighted by atomic mass is 9.72. The third kappa shape index (κ3) is 3.96. The maximum Gasteiger partial charge on any atom is 0.225 e. The molecule has 1 aromatic carbocycles. The molecule has 3 unspecified atom stereocenters. The van der Waals surface area contributed by atoms with Gasteiger partial charge in [-0.1, -0.05) is 19.6 Å². The van der Waals surface area contributed by atoms with Gasteiger partial charge < -0.3 is 19.6 Å². The van der Waals surface area contributed by atoms with Crippen molar-refractivity contribution in [2.45, 2.75) is 39.7 Å². The Kier molecular flexibility index (Phi) is 6.46. The number of carbonyl (C=O) groups is 1. The van der Waals surface area contributed by atoms with Crippen LogP contribution >= 0.6 is 0 Å². The number of nitrogens with zero attached hydrogens (tertiary/aromatic N) is 2. The number of fused-ring (bicyclic) bond motifs is 1. The average molecular weight is 387 g/mol. The summed E-state index contributed by atoms with van der Waals surface area (Å²) in [6.45, 7) is 13.6. The van der Waals surface area contributed by atoms with Crippen molar-refractivity contribution < 1.29 is 14.6 Å². The van der Waals surface area contributed by atoms with Gasteiger partial charge in [0, 0.05) is 38.0 Å². The maximum absolute atomic E-state index is 13.1.